The molecule has 0 unspecified atom stereocenters. The lowest BCUT2D eigenvalue weighted by atomic mass is 10.0. The monoisotopic (exact) mass is 350 g/mol. The summed E-state index contributed by atoms with van der Waals surface area (Å²) in [6, 6.07) is 9.53. The molecule has 3 rings (SSSR count). The van der Waals surface area contributed by atoms with Gasteiger partial charge in [-0.05, 0) is 31.9 Å². The fourth-order valence-corrected chi connectivity index (χ4v) is 3.28. The number of hydrogen-bond donors (Lipinski definition) is 3. The first-order valence-electron chi connectivity index (χ1n) is 8.51. The molecule has 1 atom stereocenters. The Kier molecular flexibility index (Phi) is 5.02. The highest BCUT2D eigenvalue weighted by Crippen LogP contribution is 2.21. The summed E-state index contributed by atoms with van der Waals surface area (Å²) in [5, 5.41) is 3.07. The molecule has 134 valence electrons. The van der Waals surface area contributed by atoms with Crippen molar-refractivity contribution in [3.05, 3.63) is 76.6 Å². The molecule has 0 radical (unpaired) electrons. The third-order valence-corrected chi connectivity index (χ3v) is 4.48. The molecule has 0 aliphatic carbocycles. The number of benzene rings is 1. The maximum atomic E-state index is 12.9. The van der Waals surface area contributed by atoms with E-state index < -0.39 is 0 Å². The first-order chi connectivity index (χ1) is 12.5. The lowest BCUT2D eigenvalue weighted by molar-refractivity contribution is 0.0931. The quantitative estimate of drug-likeness (QED) is 0.596. The van der Waals surface area contributed by atoms with Gasteiger partial charge in [0.15, 0.2) is 5.78 Å². The predicted molar refractivity (Wildman–Crippen MR) is 99.2 cm³/mol. The van der Waals surface area contributed by atoms with Crippen LogP contribution in [0.1, 0.15) is 56.5 Å². The maximum Gasteiger partial charge on any atom is 0.268 e. The Morgan fingerprint density at radius 1 is 1.19 bits per heavy atom. The number of hydrogen-bond acceptors (Lipinski definition) is 3. The molecule has 3 aromatic rings. The van der Waals surface area contributed by atoms with Crippen LogP contribution in [0, 0.1) is 13.8 Å². The van der Waals surface area contributed by atoms with Crippen molar-refractivity contribution in [2.75, 3.05) is 0 Å². The summed E-state index contributed by atoms with van der Waals surface area (Å²) in [6.07, 6.45) is 3.99. The van der Waals surface area contributed by atoms with E-state index in [1.54, 1.807) is 26.2 Å². The van der Waals surface area contributed by atoms with E-state index in [1.165, 1.54) is 6.92 Å². The van der Waals surface area contributed by atoms with Crippen LogP contribution in [-0.2, 0) is 6.42 Å². The van der Waals surface area contributed by atoms with Crippen LogP contribution < -0.4 is 5.32 Å². The average molecular weight is 350 g/mol. The van der Waals surface area contributed by atoms with E-state index in [0.717, 1.165) is 11.4 Å². The van der Waals surface area contributed by atoms with Crippen molar-refractivity contribution < 1.29 is 9.59 Å². The average Bonchev–Trinajstić information content (AvgIpc) is 3.22. The van der Waals surface area contributed by atoms with Gasteiger partial charge in [0, 0.05) is 30.1 Å². The zero-order valence-corrected chi connectivity index (χ0v) is 15.1. The van der Waals surface area contributed by atoms with Gasteiger partial charge in [-0.1, -0.05) is 30.3 Å². The van der Waals surface area contributed by atoms with E-state index in [0.29, 0.717) is 28.9 Å². The van der Waals surface area contributed by atoms with Crippen LogP contribution in [0.2, 0.25) is 0 Å². The molecular weight excluding hydrogens is 328 g/mol. The van der Waals surface area contributed by atoms with Crippen LogP contribution in [0.15, 0.2) is 42.7 Å². The summed E-state index contributed by atoms with van der Waals surface area (Å²) in [5.74, 6) is 0.506. The van der Waals surface area contributed by atoms with Crippen LogP contribution in [0.5, 0.6) is 0 Å². The molecule has 0 bridgehead atoms. The highest BCUT2D eigenvalue weighted by molar-refractivity contribution is 6.02. The number of carbonyl (C=O) groups excluding carboxylic acids is 2. The van der Waals surface area contributed by atoms with Gasteiger partial charge in [-0.25, -0.2) is 4.98 Å². The Morgan fingerprint density at radius 3 is 2.50 bits per heavy atom. The summed E-state index contributed by atoms with van der Waals surface area (Å²) < 4.78 is 0. The third-order valence-electron chi connectivity index (χ3n) is 4.48. The molecule has 0 fully saturated rings. The predicted octanol–water partition coefficient (Wildman–Crippen LogP) is 3.27. The number of amides is 1. The van der Waals surface area contributed by atoms with E-state index in [2.05, 4.69) is 20.3 Å². The third kappa shape index (κ3) is 3.59. The molecule has 0 saturated heterocycles. The number of nitrogens with zero attached hydrogens (tertiary/aromatic N) is 1. The molecule has 0 aliphatic heterocycles. The highest BCUT2D eigenvalue weighted by atomic mass is 16.2. The SMILES string of the molecule is CC(=O)c1c(C)[nH]c(C(=O)N[C@H](Cc2ncc[nH]2)c2ccccc2)c1C. The minimum atomic E-state index is -0.237. The molecular formula is C20H22N4O2. The summed E-state index contributed by atoms with van der Waals surface area (Å²) >= 11 is 0. The van der Waals surface area contributed by atoms with Crippen molar-refractivity contribution in [2.45, 2.75) is 33.2 Å². The molecule has 1 aromatic carbocycles. The first kappa shape index (κ1) is 17.7. The first-order valence-corrected chi connectivity index (χ1v) is 8.51. The minimum absolute atomic E-state index is 0.0505. The number of carbonyl (C=O) groups is 2. The Hall–Kier alpha value is -3.15. The highest BCUT2D eigenvalue weighted by Gasteiger charge is 2.23. The van der Waals surface area contributed by atoms with Gasteiger partial charge in [-0.2, -0.15) is 0 Å². The standard InChI is InChI=1S/C20H22N4O2/c1-12-18(14(3)25)13(2)23-19(12)20(26)24-16(11-17-21-9-10-22-17)15-7-5-4-6-8-15/h4-10,16,23H,11H2,1-3H3,(H,21,22)(H,24,26)/t16-/m1/s1. The van der Waals surface area contributed by atoms with Gasteiger partial charge in [-0.3, -0.25) is 9.59 Å². The van der Waals surface area contributed by atoms with Crippen molar-refractivity contribution in [1.82, 2.24) is 20.3 Å². The van der Waals surface area contributed by atoms with E-state index in [4.69, 9.17) is 0 Å². The van der Waals surface area contributed by atoms with E-state index in [1.807, 2.05) is 30.3 Å². The van der Waals surface area contributed by atoms with Gasteiger partial charge >= 0.3 is 0 Å². The van der Waals surface area contributed by atoms with E-state index in [-0.39, 0.29) is 17.7 Å². The number of ketones is 1. The summed E-state index contributed by atoms with van der Waals surface area (Å²) in [5.41, 5.74) is 3.38. The van der Waals surface area contributed by atoms with Crippen LogP contribution in [0.25, 0.3) is 0 Å². The number of Topliss-reactive ketones (excluding diaryl/α,β-unsaturated/α-hetero) is 1. The Balaban J connectivity index is 1.88. The normalized spacial score (nSPS) is 12.0. The maximum absolute atomic E-state index is 12.9. The number of aryl methyl sites for hydroxylation is 1. The second-order valence-corrected chi connectivity index (χ2v) is 6.36. The summed E-state index contributed by atoms with van der Waals surface area (Å²) in [4.78, 5) is 35.1. The topological polar surface area (TPSA) is 90.6 Å². The molecule has 0 aliphatic rings. The van der Waals surface area contributed by atoms with Crippen molar-refractivity contribution in [1.29, 1.82) is 0 Å². The number of nitrogens with one attached hydrogen (secondary N) is 3. The van der Waals surface area contributed by atoms with Crippen molar-refractivity contribution in [3.63, 3.8) is 0 Å². The molecule has 2 heterocycles. The smallest absolute Gasteiger partial charge is 0.268 e. The molecule has 1 amide bonds. The number of H-pyrrole nitrogens is 2. The molecule has 2 aromatic heterocycles. The van der Waals surface area contributed by atoms with Gasteiger partial charge in [0.05, 0.1) is 6.04 Å². The number of aromatic nitrogens is 3. The number of imidazole rings is 1. The van der Waals surface area contributed by atoms with Gasteiger partial charge in [-0.15, -0.1) is 0 Å². The number of aromatic amines is 2. The Bertz CT molecular complexity index is 911. The van der Waals surface area contributed by atoms with Gasteiger partial charge in [0.25, 0.3) is 5.91 Å². The fourth-order valence-electron chi connectivity index (χ4n) is 3.28. The van der Waals surface area contributed by atoms with Crippen molar-refractivity contribution >= 4 is 11.7 Å². The molecule has 0 spiro atoms. The zero-order valence-electron chi connectivity index (χ0n) is 15.1. The lowest BCUT2D eigenvalue weighted by Crippen LogP contribution is -2.31. The van der Waals surface area contributed by atoms with E-state index >= 15 is 0 Å². The minimum Gasteiger partial charge on any atom is -0.354 e. The largest absolute Gasteiger partial charge is 0.354 e. The second kappa shape index (κ2) is 7.39. The van der Waals surface area contributed by atoms with Crippen molar-refractivity contribution in [2.24, 2.45) is 0 Å². The second-order valence-electron chi connectivity index (χ2n) is 6.36. The molecule has 6 nitrogen and oxygen atoms in total. The van der Waals surface area contributed by atoms with Crippen LogP contribution >= 0.6 is 0 Å². The Morgan fingerprint density at radius 2 is 1.92 bits per heavy atom. The van der Waals surface area contributed by atoms with Gasteiger partial charge in [0.2, 0.25) is 0 Å². The molecule has 0 saturated carbocycles. The number of rotatable bonds is 6. The molecule has 26 heavy (non-hydrogen) atoms. The van der Waals surface area contributed by atoms with Crippen LogP contribution in [0.3, 0.4) is 0 Å². The van der Waals surface area contributed by atoms with Gasteiger partial charge < -0.3 is 15.3 Å². The van der Waals surface area contributed by atoms with Gasteiger partial charge in [0.1, 0.15) is 11.5 Å². The summed E-state index contributed by atoms with van der Waals surface area (Å²) in [6.45, 7) is 5.10. The fraction of sp³-hybridized carbons (Fsp3) is 0.250. The molecule has 6 heteroatoms. The Labute approximate surface area is 152 Å². The van der Waals surface area contributed by atoms with E-state index in [9.17, 15) is 9.59 Å². The zero-order chi connectivity index (χ0) is 18.7. The lowest BCUT2D eigenvalue weighted by Gasteiger charge is -2.18. The van der Waals surface area contributed by atoms with Crippen molar-refractivity contribution in [3.8, 4) is 0 Å². The van der Waals surface area contributed by atoms with Crippen LogP contribution in [-0.4, -0.2) is 26.6 Å². The summed E-state index contributed by atoms with van der Waals surface area (Å²) in [7, 11) is 0. The molecule has 3 N–H and O–H groups in total. The van der Waals surface area contributed by atoms with Crippen LogP contribution in [0.4, 0.5) is 0 Å².